The number of thiazole rings is 4. The van der Waals surface area contributed by atoms with E-state index in [0.29, 0.717) is 26.1 Å². The molecule has 0 aliphatic heterocycles. The van der Waals surface area contributed by atoms with E-state index in [2.05, 4.69) is 56.5 Å². The Hall–Kier alpha value is -6.53. The molecule has 0 saturated carbocycles. The molecule has 8 aromatic rings. The summed E-state index contributed by atoms with van der Waals surface area (Å²) in [4.78, 5) is 106. The van der Waals surface area contributed by atoms with Crippen LogP contribution in [0.5, 0.6) is 0 Å². The van der Waals surface area contributed by atoms with Crippen molar-refractivity contribution < 1.29 is 24.2 Å². The van der Waals surface area contributed by atoms with E-state index >= 15 is 0 Å². The van der Waals surface area contributed by atoms with Crippen molar-refractivity contribution in [2.75, 3.05) is 19.6 Å². The highest BCUT2D eigenvalue weighted by Crippen LogP contribution is 2.11. The van der Waals surface area contributed by atoms with Crippen molar-refractivity contribution in [3.63, 3.8) is 0 Å². The molecule has 0 saturated heterocycles. The minimum Gasteiger partial charge on any atom is -0.480 e. The number of halogens is 1. The largest absolute Gasteiger partial charge is 0.480 e. The molecule has 0 fully saturated rings. The van der Waals surface area contributed by atoms with E-state index in [-0.39, 0.29) is 47.4 Å². The molecule has 8 rings (SSSR count). The number of hydrogen-bond donors (Lipinski definition) is 4. The first kappa shape index (κ1) is 56.1. The van der Waals surface area contributed by atoms with Gasteiger partial charge in [0.15, 0.2) is 26.2 Å². The fourth-order valence-electron chi connectivity index (χ4n) is 5.74. The van der Waals surface area contributed by atoms with Crippen molar-refractivity contribution in [1.82, 2.24) is 67.9 Å². The molecule has 0 aliphatic carbocycles. The number of nitrogens with one attached hydrogen (secondary N) is 2. The van der Waals surface area contributed by atoms with Gasteiger partial charge in [0, 0.05) is 107 Å². The van der Waals surface area contributed by atoms with Crippen LogP contribution in [0.15, 0.2) is 82.1 Å². The minimum absolute atomic E-state index is 0.0399. The second-order valence-electron chi connectivity index (χ2n) is 15.3. The molecule has 0 atom stereocenters. The van der Waals surface area contributed by atoms with E-state index in [4.69, 9.17) is 15.6 Å². The Kier molecular flexibility index (Phi) is 21.6. The van der Waals surface area contributed by atoms with Crippen LogP contribution in [0.2, 0.25) is 0 Å². The smallest absolute Gasteiger partial charge is 0.407 e. The molecule has 0 spiro atoms. The number of nitrogens with zero attached hydrogens (tertiary/aromatic N) is 12. The summed E-state index contributed by atoms with van der Waals surface area (Å²) in [5.74, 6) is -1.32. The number of carbonyl (C=O) groups is 3. The number of aromatic nitrogens is 12. The van der Waals surface area contributed by atoms with Crippen molar-refractivity contribution in [3.8, 4) is 0 Å². The highest BCUT2D eigenvalue weighted by atomic mass is 79.9. The summed E-state index contributed by atoms with van der Waals surface area (Å²) < 4.78 is 13.1. The number of ether oxygens (including phenoxy) is 1. The summed E-state index contributed by atoms with van der Waals surface area (Å²) in [7, 11) is 5.75. The Labute approximate surface area is 423 Å². The average molecular weight is 1110 g/mol. The van der Waals surface area contributed by atoms with Crippen LogP contribution in [0.3, 0.4) is 0 Å². The van der Waals surface area contributed by atoms with Crippen molar-refractivity contribution in [2.45, 2.75) is 58.7 Å². The third-order valence-electron chi connectivity index (χ3n) is 8.93. The number of alkyl carbamates (subject to hydrolysis) is 1. The van der Waals surface area contributed by atoms with Gasteiger partial charge >= 0.3 is 23.4 Å². The van der Waals surface area contributed by atoms with E-state index in [0.717, 1.165) is 40.9 Å². The summed E-state index contributed by atoms with van der Waals surface area (Å²) in [5.41, 5.74) is 3.65. The number of imidazole rings is 2. The first-order valence-corrected chi connectivity index (χ1v) is 25.1. The predicted molar refractivity (Wildman–Crippen MR) is 272 cm³/mol. The zero-order chi connectivity index (χ0) is 51.5. The summed E-state index contributed by atoms with van der Waals surface area (Å²) in [6, 6.07) is 0. The number of aryl methyl sites for hydroxylation is 2. The van der Waals surface area contributed by atoms with Gasteiger partial charge in [-0.2, -0.15) is 0 Å². The van der Waals surface area contributed by atoms with Crippen LogP contribution in [-0.4, -0.2) is 106 Å². The predicted octanol–water partition coefficient (Wildman–Crippen LogP) is 2.53. The maximum absolute atomic E-state index is 12.3. The fraction of sp³-hybridized carbons (Fsp3) is 0.390. The van der Waals surface area contributed by atoms with Gasteiger partial charge in [-0.15, -0.1) is 45.3 Å². The van der Waals surface area contributed by atoms with Gasteiger partial charge in [-0.3, -0.25) is 37.4 Å². The number of carbonyl (C=O) groups excluding carboxylic acids is 2. The van der Waals surface area contributed by atoms with Crippen LogP contribution >= 0.6 is 61.3 Å². The summed E-state index contributed by atoms with van der Waals surface area (Å²) >= 11 is 9.55. The molecular weight excluding hydrogens is 1050 g/mol. The zero-order valence-corrected chi connectivity index (χ0v) is 44.0. The maximum atomic E-state index is 12.3. The second-order valence-corrected chi connectivity index (χ2v) is 20.4. The molecule has 8 heterocycles. The number of nitrogens with two attached hydrogens (primary N) is 1. The van der Waals surface area contributed by atoms with Crippen LogP contribution in [0.1, 0.15) is 35.8 Å². The van der Waals surface area contributed by atoms with Gasteiger partial charge in [0.05, 0.1) is 27.7 Å². The summed E-state index contributed by atoms with van der Waals surface area (Å²) in [6.45, 7) is 6.84. The van der Waals surface area contributed by atoms with Crippen molar-refractivity contribution in [3.05, 3.63) is 120 Å². The van der Waals surface area contributed by atoms with Crippen molar-refractivity contribution in [2.24, 2.45) is 33.9 Å². The van der Waals surface area contributed by atoms with Crippen LogP contribution in [0.4, 0.5) is 4.79 Å². The highest BCUT2D eigenvalue weighted by molar-refractivity contribution is 9.11. The molecule has 0 bridgehead atoms. The molecule has 24 nitrogen and oxygen atoms in total. The third-order valence-corrected chi connectivity index (χ3v) is 12.8. The topological polar surface area (TPSA) is 306 Å². The lowest BCUT2D eigenvalue weighted by Crippen LogP contribution is -2.38. The van der Waals surface area contributed by atoms with Crippen LogP contribution in [-0.2, 0) is 74.9 Å². The number of hydrogen-bond acceptors (Lipinski definition) is 19. The lowest BCUT2D eigenvalue weighted by Gasteiger charge is -2.19. The number of aliphatic carboxylic acids is 1. The Morgan fingerprint density at radius 3 is 1.44 bits per heavy atom. The van der Waals surface area contributed by atoms with Gasteiger partial charge in [-0.1, -0.05) is 0 Å². The molecule has 376 valence electrons. The van der Waals surface area contributed by atoms with E-state index in [1.807, 2.05) is 42.3 Å². The lowest BCUT2D eigenvalue weighted by molar-refractivity contribution is -0.137. The van der Waals surface area contributed by atoms with Gasteiger partial charge in [0.2, 0.25) is 5.91 Å². The zero-order valence-electron chi connectivity index (χ0n) is 39.1. The van der Waals surface area contributed by atoms with Crippen molar-refractivity contribution >= 4 is 102 Å². The molecule has 2 amide bonds. The van der Waals surface area contributed by atoms with Gasteiger partial charge in [0.1, 0.15) is 18.7 Å². The summed E-state index contributed by atoms with van der Waals surface area (Å²) in [5, 5.41) is 25.0. The summed E-state index contributed by atoms with van der Waals surface area (Å²) in [6.07, 6.45) is 11.6. The van der Waals surface area contributed by atoms with E-state index in [1.54, 1.807) is 58.8 Å². The lowest BCUT2D eigenvalue weighted by atomic mass is 10.2. The molecular formula is C41H52BrN15O9S4. The molecule has 0 unspecified atom stereocenters. The first-order valence-electron chi connectivity index (χ1n) is 20.8. The molecule has 29 heteroatoms. The van der Waals surface area contributed by atoms with Gasteiger partial charge in [-0.05, 0) is 43.2 Å². The van der Waals surface area contributed by atoms with Crippen LogP contribution in [0, 0.1) is 0 Å². The molecule has 0 aliphatic rings. The van der Waals surface area contributed by atoms with E-state index in [9.17, 15) is 33.6 Å². The number of rotatable bonds is 12. The Balaban J connectivity index is 0.000000204. The molecule has 0 radical (unpaired) electrons. The average Bonchev–Trinajstić information content (AvgIpc) is 4.17. The van der Waals surface area contributed by atoms with Crippen LogP contribution in [0.25, 0.3) is 22.3 Å². The number of carboxylic acid groups (broad SMARTS) is 1. The van der Waals surface area contributed by atoms with Crippen LogP contribution < -0.4 is 38.9 Å². The Morgan fingerprint density at radius 1 is 0.643 bits per heavy atom. The first-order chi connectivity index (χ1) is 33.2. The maximum Gasteiger partial charge on any atom is 0.407 e. The van der Waals surface area contributed by atoms with Crippen molar-refractivity contribution in [1.29, 1.82) is 0 Å². The monoisotopic (exact) mass is 1110 g/mol. The normalized spacial score (nSPS) is 10.7. The molecule has 5 N–H and O–H groups in total. The van der Waals surface area contributed by atoms with Gasteiger partial charge in [-0.25, -0.2) is 44.3 Å². The molecule has 0 aromatic carbocycles. The second kappa shape index (κ2) is 27.0. The quantitative estimate of drug-likeness (QED) is 0.137. The van der Waals surface area contributed by atoms with E-state index in [1.165, 1.54) is 70.5 Å². The third kappa shape index (κ3) is 16.9. The SMILES string of the molecule is Brc1nccs1.CC(C)(C)OC(=O)NCCc1nccs1.Cn1c(=O)c2c(ncn2CC(=O)NCCc2nccs2)n(C)c1=O.Cn1c(=O)c2c(ncn2CC(=O)O)n(C)c1=O.NCCc1nccs1. The van der Waals surface area contributed by atoms with Gasteiger partial charge in [0.25, 0.3) is 11.1 Å². The molecule has 70 heavy (non-hydrogen) atoms. The fourth-order valence-corrected chi connectivity index (χ4v) is 8.42. The standard InChI is InChI=1S/C14H16N6O3S.C10H16N2O2S.C9H10N4O4.C5H8N2S.C3H2BrNS/c1-18-12-11(13(22)19(2)14(18)23)20(8-17-12)7-9(21)15-4-3-10-16-5-6-24-10;1-10(2,3)14-9(13)12-5-4-8-11-6-7-15-8;1-11-7-6(8(16)12(2)9(11)17)13(4-10-7)3-5(14)15;6-2-1-5-7-3-4-8-5;4-3-5-1-2-6-3/h5-6,8H,3-4,7H2,1-2H3,(H,15,21);6-7H,4-5H2,1-3H3,(H,12,13);4H,3H2,1-2H3,(H,14,15);3-4H,1-2,6H2;1-2H. The van der Waals surface area contributed by atoms with E-state index < -0.39 is 34.1 Å². The number of fused-ring (bicyclic) bond motifs is 2. The Morgan fingerprint density at radius 2 is 1.07 bits per heavy atom. The number of amides is 2. The molecule has 8 aromatic heterocycles. The van der Waals surface area contributed by atoms with Gasteiger partial charge < -0.3 is 35.3 Å². The highest BCUT2D eigenvalue weighted by Gasteiger charge is 2.18. The Bertz CT molecular complexity index is 3150. The minimum atomic E-state index is -1.08. The number of carboxylic acids is 1.